The summed E-state index contributed by atoms with van der Waals surface area (Å²) in [5.41, 5.74) is 7.73. The van der Waals surface area contributed by atoms with Crippen molar-refractivity contribution in [2.45, 2.75) is 43.8 Å². The van der Waals surface area contributed by atoms with E-state index in [-0.39, 0.29) is 0 Å². The normalized spacial score (nSPS) is 34.5. The van der Waals surface area contributed by atoms with Gasteiger partial charge in [-0.2, -0.15) is 0 Å². The van der Waals surface area contributed by atoms with Crippen LogP contribution in [0.3, 0.4) is 0 Å². The molecular weight excluding hydrogens is 236 g/mol. The monoisotopic (exact) mass is 260 g/mol. The molecule has 1 aromatic rings. The molecule has 4 atom stereocenters. The minimum atomic E-state index is 0.332. The van der Waals surface area contributed by atoms with Gasteiger partial charge in [-0.3, -0.25) is 0 Å². The van der Waals surface area contributed by atoms with E-state index in [1.807, 2.05) is 12.1 Å². The van der Waals surface area contributed by atoms with E-state index < -0.39 is 0 Å². The summed E-state index contributed by atoms with van der Waals surface area (Å²) in [5.74, 6) is 1.55. The van der Waals surface area contributed by atoms with E-state index in [1.165, 1.54) is 18.4 Å². The lowest BCUT2D eigenvalue weighted by Gasteiger charge is -2.41. The van der Waals surface area contributed by atoms with Crippen molar-refractivity contribution in [2.75, 3.05) is 14.2 Å². The van der Waals surface area contributed by atoms with Gasteiger partial charge in [-0.1, -0.05) is 18.2 Å². The molecule has 104 valence electrons. The van der Waals surface area contributed by atoms with Crippen molar-refractivity contribution in [3.63, 3.8) is 0 Å². The van der Waals surface area contributed by atoms with Crippen LogP contribution in [0, 0.1) is 5.92 Å². The Labute approximate surface area is 115 Å². The first-order chi connectivity index (χ1) is 9.20. The van der Waals surface area contributed by atoms with Gasteiger partial charge in [0.2, 0.25) is 0 Å². The Bertz CT molecular complexity index is 448. The molecule has 0 spiro atoms. The summed E-state index contributed by atoms with van der Waals surface area (Å²) in [6, 6.07) is 10.0. The second kappa shape index (κ2) is 5.14. The van der Waals surface area contributed by atoms with Crippen molar-refractivity contribution in [2.24, 2.45) is 11.7 Å². The Kier molecular flexibility index (Phi) is 3.50. The minimum absolute atomic E-state index is 0.332. The van der Waals surface area contributed by atoms with Gasteiger partial charge in [0.1, 0.15) is 5.75 Å². The van der Waals surface area contributed by atoms with Gasteiger partial charge in [-0.05, 0) is 50.3 Å². The molecule has 2 aliphatic heterocycles. The van der Waals surface area contributed by atoms with E-state index in [9.17, 15) is 0 Å². The van der Waals surface area contributed by atoms with Gasteiger partial charge in [0.15, 0.2) is 0 Å². The molecule has 0 aliphatic carbocycles. The number of para-hydroxylation sites is 1. The highest BCUT2D eigenvalue weighted by Gasteiger charge is 2.44. The number of fused-ring (bicyclic) bond motifs is 2. The maximum atomic E-state index is 6.43. The van der Waals surface area contributed by atoms with Crippen molar-refractivity contribution < 1.29 is 4.74 Å². The van der Waals surface area contributed by atoms with Crippen molar-refractivity contribution in [3.05, 3.63) is 29.8 Å². The van der Waals surface area contributed by atoms with E-state index in [0.717, 1.165) is 18.6 Å². The molecule has 2 saturated heterocycles. The summed E-state index contributed by atoms with van der Waals surface area (Å²) in [7, 11) is 4.01. The standard InChI is InChI=1S/C16H24N2O/c1-18-12-7-8-15(18)13(14(17)10-12)9-11-5-3-4-6-16(11)19-2/h3-6,12-15H,7-10,17H2,1-2H3/t12-,13+,14-,15-/m1/s1. The minimum Gasteiger partial charge on any atom is -0.496 e. The second-order valence-corrected chi connectivity index (χ2v) is 6.04. The van der Waals surface area contributed by atoms with Gasteiger partial charge in [-0.15, -0.1) is 0 Å². The van der Waals surface area contributed by atoms with Gasteiger partial charge in [-0.25, -0.2) is 0 Å². The third-order valence-electron chi connectivity index (χ3n) is 5.13. The van der Waals surface area contributed by atoms with Crippen LogP contribution in [0.1, 0.15) is 24.8 Å². The van der Waals surface area contributed by atoms with Crippen molar-refractivity contribution in [1.29, 1.82) is 0 Å². The molecule has 2 heterocycles. The van der Waals surface area contributed by atoms with Crippen molar-refractivity contribution in [1.82, 2.24) is 4.90 Å². The van der Waals surface area contributed by atoms with Gasteiger partial charge in [0.05, 0.1) is 7.11 Å². The summed E-state index contributed by atoms with van der Waals surface area (Å²) in [6.07, 6.45) is 4.80. The van der Waals surface area contributed by atoms with E-state index >= 15 is 0 Å². The molecule has 19 heavy (non-hydrogen) atoms. The van der Waals surface area contributed by atoms with Crippen LogP contribution in [-0.4, -0.2) is 37.2 Å². The fourth-order valence-electron chi connectivity index (χ4n) is 4.03. The van der Waals surface area contributed by atoms with Crippen LogP contribution in [0.2, 0.25) is 0 Å². The quantitative estimate of drug-likeness (QED) is 0.904. The zero-order chi connectivity index (χ0) is 13.4. The Morgan fingerprint density at radius 3 is 2.89 bits per heavy atom. The number of methoxy groups -OCH3 is 1. The molecule has 0 saturated carbocycles. The molecule has 2 bridgehead atoms. The van der Waals surface area contributed by atoms with Gasteiger partial charge >= 0.3 is 0 Å². The van der Waals surface area contributed by atoms with Gasteiger partial charge < -0.3 is 15.4 Å². The number of benzene rings is 1. The van der Waals surface area contributed by atoms with E-state index in [1.54, 1.807) is 7.11 Å². The van der Waals surface area contributed by atoms with Gasteiger partial charge in [0, 0.05) is 18.1 Å². The largest absolute Gasteiger partial charge is 0.496 e. The number of piperidine rings is 1. The van der Waals surface area contributed by atoms with E-state index in [0.29, 0.717) is 24.0 Å². The number of nitrogens with zero attached hydrogens (tertiary/aromatic N) is 1. The molecule has 0 unspecified atom stereocenters. The maximum Gasteiger partial charge on any atom is 0.122 e. The molecule has 0 radical (unpaired) electrons. The summed E-state index contributed by atoms with van der Waals surface area (Å²) in [5, 5.41) is 0. The highest BCUT2D eigenvalue weighted by Crippen LogP contribution is 2.39. The second-order valence-electron chi connectivity index (χ2n) is 6.04. The van der Waals surface area contributed by atoms with Crippen LogP contribution in [0.4, 0.5) is 0 Å². The Morgan fingerprint density at radius 1 is 1.32 bits per heavy atom. The molecule has 0 aromatic heterocycles. The molecule has 3 nitrogen and oxygen atoms in total. The molecular formula is C16H24N2O. The van der Waals surface area contributed by atoms with E-state index in [2.05, 4.69) is 24.1 Å². The van der Waals surface area contributed by atoms with Crippen molar-refractivity contribution in [3.8, 4) is 5.75 Å². The molecule has 2 N–H and O–H groups in total. The summed E-state index contributed by atoms with van der Waals surface area (Å²) in [4.78, 5) is 2.56. The highest BCUT2D eigenvalue weighted by atomic mass is 16.5. The Hall–Kier alpha value is -1.06. The predicted octanol–water partition coefficient (Wildman–Crippen LogP) is 2.05. The SMILES string of the molecule is COc1ccccc1C[C@H]1[C@H](N)C[C@H]2CC[C@H]1N2C. The smallest absolute Gasteiger partial charge is 0.122 e. The Balaban J connectivity index is 1.81. The molecule has 1 aromatic carbocycles. The number of hydrogen-bond acceptors (Lipinski definition) is 3. The first-order valence-electron chi connectivity index (χ1n) is 7.30. The fourth-order valence-corrected chi connectivity index (χ4v) is 4.03. The van der Waals surface area contributed by atoms with Crippen molar-refractivity contribution >= 4 is 0 Å². The zero-order valence-electron chi connectivity index (χ0n) is 11.9. The van der Waals surface area contributed by atoms with Gasteiger partial charge in [0.25, 0.3) is 0 Å². The molecule has 3 heteroatoms. The summed E-state index contributed by atoms with van der Waals surface area (Å²) >= 11 is 0. The molecule has 2 fully saturated rings. The lowest BCUT2D eigenvalue weighted by atomic mass is 9.81. The third kappa shape index (κ3) is 2.26. The predicted molar refractivity (Wildman–Crippen MR) is 77.4 cm³/mol. The molecule has 0 amide bonds. The van der Waals surface area contributed by atoms with Crippen LogP contribution < -0.4 is 10.5 Å². The number of nitrogens with two attached hydrogens (primary N) is 1. The summed E-state index contributed by atoms with van der Waals surface area (Å²) < 4.78 is 5.47. The summed E-state index contributed by atoms with van der Waals surface area (Å²) in [6.45, 7) is 0. The topological polar surface area (TPSA) is 38.5 Å². The maximum absolute atomic E-state index is 6.43. The first-order valence-corrected chi connectivity index (χ1v) is 7.30. The third-order valence-corrected chi connectivity index (χ3v) is 5.13. The van der Waals surface area contributed by atoms with Crippen LogP contribution >= 0.6 is 0 Å². The van der Waals surface area contributed by atoms with Crippen LogP contribution in [0.5, 0.6) is 5.75 Å². The first kappa shape index (κ1) is 12.9. The number of hydrogen-bond donors (Lipinski definition) is 1. The Morgan fingerprint density at radius 2 is 2.11 bits per heavy atom. The van der Waals surface area contributed by atoms with Crippen LogP contribution in [0.15, 0.2) is 24.3 Å². The van der Waals surface area contributed by atoms with E-state index in [4.69, 9.17) is 10.5 Å². The highest BCUT2D eigenvalue weighted by molar-refractivity contribution is 5.34. The lowest BCUT2D eigenvalue weighted by Crippen LogP contribution is -2.53. The van der Waals surface area contributed by atoms with Crippen LogP contribution in [-0.2, 0) is 6.42 Å². The number of rotatable bonds is 3. The lowest BCUT2D eigenvalue weighted by molar-refractivity contribution is 0.101. The average Bonchev–Trinajstić information content (AvgIpc) is 2.68. The van der Waals surface area contributed by atoms with Crippen LogP contribution in [0.25, 0.3) is 0 Å². The number of ether oxygens (including phenoxy) is 1. The fraction of sp³-hybridized carbons (Fsp3) is 0.625. The zero-order valence-corrected chi connectivity index (χ0v) is 11.9. The average molecular weight is 260 g/mol. The molecule has 2 aliphatic rings. The molecule has 3 rings (SSSR count).